The van der Waals surface area contributed by atoms with E-state index >= 15 is 0 Å². The zero-order chi connectivity index (χ0) is 11.8. The highest BCUT2D eigenvalue weighted by molar-refractivity contribution is 6.30. The summed E-state index contributed by atoms with van der Waals surface area (Å²) in [6, 6.07) is 7.72. The van der Waals surface area contributed by atoms with Crippen molar-refractivity contribution in [2.45, 2.75) is 32.2 Å². The Kier molecular flexibility index (Phi) is 6.46. The fourth-order valence-corrected chi connectivity index (χ4v) is 1.56. The van der Waals surface area contributed by atoms with Gasteiger partial charge in [0, 0.05) is 24.3 Å². The summed E-state index contributed by atoms with van der Waals surface area (Å²) in [6.07, 6.45) is 3.14. The van der Waals surface area contributed by atoms with E-state index in [1.807, 2.05) is 24.3 Å². The summed E-state index contributed by atoms with van der Waals surface area (Å²) in [4.78, 5) is 0. The number of hydrogen-bond donors (Lipinski definition) is 1. The summed E-state index contributed by atoms with van der Waals surface area (Å²) in [5, 5.41) is 0.746. The van der Waals surface area contributed by atoms with Crippen LogP contribution in [0.25, 0.3) is 0 Å². The highest BCUT2D eigenvalue weighted by atomic mass is 35.5. The molecule has 0 aromatic heterocycles. The molecule has 1 atom stereocenters. The average molecular weight is 242 g/mol. The third kappa shape index (κ3) is 4.97. The van der Waals surface area contributed by atoms with Crippen molar-refractivity contribution in [2.75, 3.05) is 13.2 Å². The summed E-state index contributed by atoms with van der Waals surface area (Å²) < 4.78 is 5.48. The first-order valence-corrected chi connectivity index (χ1v) is 6.20. The molecule has 0 aliphatic heterocycles. The Labute approximate surface area is 103 Å². The third-order valence-corrected chi connectivity index (χ3v) is 2.77. The summed E-state index contributed by atoms with van der Waals surface area (Å²) in [6.45, 7) is 3.72. The minimum atomic E-state index is 0.0406. The SMILES string of the molecule is CCCCOCCC(N)c1ccc(Cl)cc1. The molecule has 0 fully saturated rings. The second-order valence-electron chi connectivity index (χ2n) is 3.91. The van der Waals surface area contributed by atoms with E-state index in [2.05, 4.69) is 6.92 Å². The van der Waals surface area contributed by atoms with Crippen LogP contribution in [0.5, 0.6) is 0 Å². The van der Waals surface area contributed by atoms with Crippen molar-refractivity contribution in [3.63, 3.8) is 0 Å². The van der Waals surface area contributed by atoms with Gasteiger partial charge in [0.25, 0.3) is 0 Å². The minimum Gasteiger partial charge on any atom is -0.381 e. The minimum absolute atomic E-state index is 0.0406. The fourth-order valence-electron chi connectivity index (χ4n) is 1.44. The van der Waals surface area contributed by atoms with Gasteiger partial charge in [0.05, 0.1) is 0 Å². The summed E-state index contributed by atoms with van der Waals surface area (Å²) in [5.74, 6) is 0. The van der Waals surface area contributed by atoms with Gasteiger partial charge < -0.3 is 10.5 Å². The molecule has 3 heteroatoms. The number of hydrogen-bond acceptors (Lipinski definition) is 2. The highest BCUT2D eigenvalue weighted by Crippen LogP contribution is 2.17. The zero-order valence-electron chi connectivity index (χ0n) is 9.79. The van der Waals surface area contributed by atoms with Crippen molar-refractivity contribution in [3.05, 3.63) is 34.9 Å². The smallest absolute Gasteiger partial charge is 0.0484 e. The lowest BCUT2D eigenvalue weighted by Crippen LogP contribution is -2.13. The fraction of sp³-hybridized carbons (Fsp3) is 0.538. The molecule has 2 N–H and O–H groups in total. The maximum Gasteiger partial charge on any atom is 0.0484 e. The van der Waals surface area contributed by atoms with Gasteiger partial charge in [0.1, 0.15) is 0 Å². The van der Waals surface area contributed by atoms with Crippen LogP contribution in [0.15, 0.2) is 24.3 Å². The van der Waals surface area contributed by atoms with E-state index < -0.39 is 0 Å². The number of rotatable bonds is 7. The molecule has 0 saturated carbocycles. The lowest BCUT2D eigenvalue weighted by Gasteiger charge is -2.12. The molecule has 1 unspecified atom stereocenters. The topological polar surface area (TPSA) is 35.2 Å². The van der Waals surface area contributed by atoms with Crippen LogP contribution in [0.2, 0.25) is 5.02 Å². The van der Waals surface area contributed by atoms with Crippen molar-refractivity contribution in [1.29, 1.82) is 0 Å². The quantitative estimate of drug-likeness (QED) is 0.741. The van der Waals surface area contributed by atoms with E-state index in [0.29, 0.717) is 0 Å². The van der Waals surface area contributed by atoms with Crippen LogP contribution in [-0.2, 0) is 4.74 Å². The lowest BCUT2D eigenvalue weighted by atomic mass is 10.1. The zero-order valence-corrected chi connectivity index (χ0v) is 10.5. The maximum atomic E-state index is 6.04. The molecule has 1 aromatic rings. The van der Waals surface area contributed by atoms with Crippen LogP contribution in [-0.4, -0.2) is 13.2 Å². The van der Waals surface area contributed by atoms with Gasteiger partial charge in [-0.3, -0.25) is 0 Å². The van der Waals surface area contributed by atoms with E-state index in [0.717, 1.165) is 36.6 Å². The summed E-state index contributed by atoms with van der Waals surface area (Å²) in [7, 11) is 0. The van der Waals surface area contributed by atoms with Crippen molar-refractivity contribution in [2.24, 2.45) is 5.73 Å². The average Bonchev–Trinajstić information content (AvgIpc) is 2.29. The molecule has 0 spiro atoms. The molecule has 2 nitrogen and oxygen atoms in total. The van der Waals surface area contributed by atoms with Gasteiger partial charge in [-0.2, -0.15) is 0 Å². The van der Waals surface area contributed by atoms with E-state index in [-0.39, 0.29) is 6.04 Å². The predicted molar refractivity (Wildman–Crippen MR) is 68.7 cm³/mol. The standard InChI is InChI=1S/C13H20ClNO/c1-2-3-9-16-10-8-13(15)11-4-6-12(14)7-5-11/h4-7,13H,2-3,8-10,15H2,1H3. The molecular formula is C13H20ClNO. The Balaban J connectivity index is 2.24. The lowest BCUT2D eigenvalue weighted by molar-refractivity contribution is 0.124. The number of halogens is 1. The van der Waals surface area contributed by atoms with E-state index in [1.54, 1.807) is 0 Å². The van der Waals surface area contributed by atoms with Gasteiger partial charge in [-0.05, 0) is 30.5 Å². The Morgan fingerprint density at radius 3 is 2.56 bits per heavy atom. The van der Waals surface area contributed by atoms with Crippen LogP contribution >= 0.6 is 11.6 Å². The Bertz CT molecular complexity index is 286. The van der Waals surface area contributed by atoms with E-state index in [9.17, 15) is 0 Å². The molecule has 16 heavy (non-hydrogen) atoms. The second-order valence-corrected chi connectivity index (χ2v) is 4.35. The molecule has 0 aliphatic carbocycles. The highest BCUT2D eigenvalue weighted by Gasteiger charge is 2.05. The number of unbranched alkanes of at least 4 members (excludes halogenated alkanes) is 1. The van der Waals surface area contributed by atoms with Crippen LogP contribution in [0.4, 0.5) is 0 Å². The molecule has 0 heterocycles. The summed E-state index contributed by atoms with van der Waals surface area (Å²) in [5.41, 5.74) is 7.15. The first-order valence-electron chi connectivity index (χ1n) is 5.83. The number of ether oxygens (including phenoxy) is 1. The third-order valence-electron chi connectivity index (χ3n) is 2.51. The van der Waals surface area contributed by atoms with Crippen molar-refractivity contribution < 1.29 is 4.74 Å². The van der Waals surface area contributed by atoms with E-state index in [4.69, 9.17) is 22.1 Å². The maximum absolute atomic E-state index is 6.04. The van der Waals surface area contributed by atoms with E-state index in [1.165, 1.54) is 6.42 Å². The summed E-state index contributed by atoms with van der Waals surface area (Å²) >= 11 is 5.81. The number of nitrogens with two attached hydrogens (primary N) is 1. The molecule has 1 aromatic carbocycles. The Morgan fingerprint density at radius 1 is 1.25 bits per heavy atom. The molecule has 0 aliphatic rings. The van der Waals surface area contributed by atoms with Gasteiger partial charge in [-0.25, -0.2) is 0 Å². The second kappa shape index (κ2) is 7.66. The normalized spacial score (nSPS) is 12.7. The molecule has 0 radical (unpaired) electrons. The molecule has 0 saturated heterocycles. The predicted octanol–water partition coefficient (Wildman–Crippen LogP) is 3.55. The Morgan fingerprint density at radius 2 is 1.94 bits per heavy atom. The van der Waals surface area contributed by atoms with Gasteiger partial charge in [-0.15, -0.1) is 0 Å². The molecule has 0 amide bonds. The molecule has 1 rings (SSSR count). The monoisotopic (exact) mass is 241 g/mol. The molecule has 90 valence electrons. The van der Waals surface area contributed by atoms with Crippen LogP contribution in [0.1, 0.15) is 37.8 Å². The number of benzene rings is 1. The van der Waals surface area contributed by atoms with Crippen molar-refractivity contribution in [1.82, 2.24) is 0 Å². The molecular weight excluding hydrogens is 222 g/mol. The van der Waals surface area contributed by atoms with Gasteiger partial charge >= 0.3 is 0 Å². The van der Waals surface area contributed by atoms with Crippen molar-refractivity contribution >= 4 is 11.6 Å². The van der Waals surface area contributed by atoms with Gasteiger partial charge in [-0.1, -0.05) is 37.1 Å². The first kappa shape index (κ1) is 13.5. The Hall–Kier alpha value is -0.570. The van der Waals surface area contributed by atoms with Crippen LogP contribution in [0.3, 0.4) is 0 Å². The largest absolute Gasteiger partial charge is 0.381 e. The molecule has 0 bridgehead atoms. The van der Waals surface area contributed by atoms with Crippen molar-refractivity contribution in [3.8, 4) is 0 Å². The van der Waals surface area contributed by atoms with Crippen LogP contribution in [0, 0.1) is 0 Å². The van der Waals surface area contributed by atoms with Gasteiger partial charge in [0.15, 0.2) is 0 Å². The van der Waals surface area contributed by atoms with Crippen LogP contribution < -0.4 is 5.73 Å². The van der Waals surface area contributed by atoms with Gasteiger partial charge in [0.2, 0.25) is 0 Å². The first-order chi connectivity index (χ1) is 7.74.